The molecule has 3 aliphatic rings. The van der Waals surface area contributed by atoms with Crippen LogP contribution in [0.1, 0.15) is 60.9 Å². The Morgan fingerprint density at radius 3 is 2.40 bits per heavy atom. The topological polar surface area (TPSA) is 41.1 Å². The molecule has 2 atom stereocenters. The fraction of sp³-hybridized carbons (Fsp3) is 0.170. The molecule has 6 aromatic carbocycles. The number of allylic oxidation sites excluding steroid dienone is 7. The first-order valence-electron chi connectivity index (χ1n) is 20.4. The Kier molecular flexibility index (Phi) is 9.31. The average molecular weight is 740 g/mol. The molecule has 0 radical (unpaired) electrons. The number of para-hydroxylation sites is 2. The van der Waals surface area contributed by atoms with E-state index in [0.29, 0.717) is 6.54 Å². The van der Waals surface area contributed by atoms with E-state index < -0.39 is 0 Å². The molecule has 4 heteroatoms. The van der Waals surface area contributed by atoms with Crippen molar-refractivity contribution in [3.05, 3.63) is 198 Å². The molecule has 0 bridgehead atoms. The molecule has 7 aromatic rings. The van der Waals surface area contributed by atoms with Crippen LogP contribution in [0, 0.1) is 5.92 Å². The summed E-state index contributed by atoms with van der Waals surface area (Å²) in [6.07, 6.45) is 18.4. The predicted octanol–water partition coefficient (Wildman–Crippen LogP) is 13.7. The Morgan fingerprint density at radius 1 is 0.702 bits per heavy atom. The number of hydrogen-bond acceptors (Lipinski definition) is 4. The number of amidine groups is 1. The molecule has 4 nitrogen and oxygen atoms in total. The lowest BCUT2D eigenvalue weighted by molar-refractivity contribution is 0.446. The maximum absolute atomic E-state index is 6.42. The Bertz CT molecular complexity index is 2830. The van der Waals surface area contributed by atoms with Crippen molar-refractivity contribution in [2.24, 2.45) is 15.9 Å². The highest BCUT2D eigenvalue weighted by Crippen LogP contribution is 2.38. The van der Waals surface area contributed by atoms with Crippen molar-refractivity contribution in [2.75, 3.05) is 11.4 Å². The van der Waals surface area contributed by atoms with Gasteiger partial charge in [0.15, 0.2) is 5.84 Å². The number of rotatable bonds is 5. The predicted molar refractivity (Wildman–Crippen MR) is 240 cm³/mol. The van der Waals surface area contributed by atoms with Gasteiger partial charge in [-0.15, -0.1) is 0 Å². The van der Waals surface area contributed by atoms with Gasteiger partial charge >= 0.3 is 0 Å². The summed E-state index contributed by atoms with van der Waals surface area (Å²) in [5.41, 5.74) is 12.5. The third kappa shape index (κ3) is 6.97. The summed E-state index contributed by atoms with van der Waals surface area (Å²) in [4.78, 5) is 13.8. The standard InChI is InChI=1S/C53H45N3O/c1-36-27-29-48(42-28-30-50-46(33-42)47-32-40-19-9-10-20-41(40)34-51(47)57-50)54-53(55-52(36)43-23-14-22-39(31-43)37-15-4-2-5-16-37)44-21-11-8-17-38-18-12-13-26-49(38)56(35-44)45-24-6-3-7-25-45/h3-4,6-16,18-26,28,30-34,36,52H,2,5,17,27,29,35H2,1H3/b11-8-,44-21+,54-48?,55-53?/t36-,52?/m0/s1. The Hall–Kier alpha value is -6.52. The molecule has 0 saturated heterocycles. The average Bonchev–Trinajstić information content (AvgIpc) is 3.65. The Morgan fingerprint density at radius 2 is 1.53 bits per heavy atom. The first-order valence-corrected chi connectivity index (χ1v) is 20.4. The second-order valence-electron chi connectivity index (χ2n) is 15.6. The number of benzene rings is 6. The summed E-state index contributed by atoms with van der Waals surface area (Å²) in [5, 5.41) is 4.63. The van der Waals surface area contributed by atoms with Crippen LogP contribution >= 0.6 is 0 Å². The second-order valence-corrected chi connectivity index (χ2v) is 15.6. The summed E-state index contributed by atoms with van der Waals surface area (Å²) in [6.45, 7) is 2.99. The number of aliphatic imine (C=N–C) groups is 2. The number of furan rings is 1. The molecule has 1 aliphatic carbocycles. The van der Waals surface area contributed by atoms with Crippen LogP contribution in [-0.4, -0.2) is 18.1 Å². The van der Waals surface area contributed by atoms with Crippen LogP contribution in [0.5, 0.6) is 0 Å². The monoisotopic (exact) mass is 739 g/mol. The zero-order chi connectivity index (χ0) is 38.1. The van der Waals surface area contributed by atoms with Gasteiger partial charge in [0.05, 0.1) is 18.3 Å². The van der Waals surface area contributed by atoms with Crippen molar-refractivity contribution < 1.29 is 4.42 Å². The quantitative estimate of drug-likeness (QED) is 0.176. The smallest absolute Gasteiger partial charge is 0.153 e. The Balaban J connectivity index is 1.13. The molecule has 278 valence electrons. The third-order valence-electron chi connectivity index (χ3n) is 11.8. The lowest BCUT2D eigenvalue weighted by Crippen LogP contribution is -2.26. The molecule has 0 spiro atoms. The first kappa shape index (κ1) is 34.9. The lowest BCUT2D eigenvalue weighted by Gasteiger charge is -2.29. The van der Waals surface area contributed by atoms with Gasteiger partial charge in [-0.3, -0.25) is 4.99 Å². The van der Waals surface area contributed by atoms with Gasteiger partial charge in [0.2, 0.25) is 0 Å². The minimum atomic E-state index is -0.0537. The summed E-state index contributed by atoms with van der Waals surface area (Å²) in [6, 6.07) is 48.0. The lowest BCUT2D eigenvalue weighted by atomic mass is 9.87. The molecule has 0 fully saturated rings. The van der Waals surface area contributed by atoms with Crippen LogP contribution in [0.4, 0.5) is 11.4 Å². The van der Waals surface area contributed by atoms with Crippen LogP contribution < -0.4 is 4.90 Å². The van der Waals surface area contributed by atoms with E-state index in [1.165, 1.54) is 38.7 Å². The second kappa shape index (κ2) is 15.2. The number of anilines is 2. The molecular formula is C53H45N3O. The minimum absolute atomic E-state index is 0.0537. The van der Waals surface area contributed by atoms with Crippen LogP contribution in [0.25, 0.3) is 38.3 Å². The molecule has 0 saturated carbocycles. The van der Waals surface area contributed by atoms with E-state index in [4.69, 9.17) is 14.4 Å². The van der Waals surface area contributed by atoms with Gasteiger partial charge in [0.25, 0.3) is 0 Å². The molecular weight excluding hydrogens is 695 g/mol. The van der Waals surface area contributed by atoms with Crippen LogP contribution in [0.2, 0.25) is 0 Å². The molecule has 3 heterocycles. The molecule has 0 N–H and O–H groups in total. The molecule has 10 rings (SSSR count). The van der Waals surface area contributed by atoms with Gasteiger partial charge in [0, 0.05) is 27.7 Å². The highest BCUT2D eigenvalue weighted by molar-refractivity contribution is 6.16. The fourth-order valence-corrected chi connectivity index (χ4v) is 8.75. The molecule has 57 heavy (non-hydrogen) atoms. The van der Waals surface area contributed by atoms with Crippen molar-refractivity contribution in [3.63, 3.8) is 0 Å². The normalized spacial score (nSPS) is 20.3. The minimum Gasteiger partial charge on any atom is -0.456 e. The van der Waals surface area contributed by atoms with Crippen molar-refractivity contribution in [1.82, 2.24) is 0 Å². The summed E-state index contributed by atoms with van der Waals surface area (Å²) in [5.74, 6) is 1.07. The molecule has 2 aliphatic heterocycles. The molecule has 1 unspecified atom stereocenters. The van der Waals surface area contributed by atoms with Crippen molar-refractivity contribution in [3.8, 4) is 0 Å². The summed E-state index contributed by atoms with van der Waals surface area (Å²) >= 11 is 0. The van der Waals surface area contributed by atoms with E-state index in [1.807, 2.05) is 0 Å². The maximum atomic E-state index is 6.42. The van der Waals surface area contributed by atoms with Gasteiger partial charge in [0.1, 0.15) is 11.2 Å². The number of hydrogen-bond donors (Lipinski definition) is 0. The van der Waals surface area contributed by atoms with E-state index in [0.717, 1.165) is 82.4 Å². The zero-order valence-corrected chi connectivity index (χ0v) is 32.3. The van der Waals surface area contributed by atoms with Gasteiger partial charge < -0.3 is 9.32 Å². The van der Waals surface area contributed by atoms with Crippen molar-refractivity contribution >= 4 is 61.2 Å². The summed E-state index contributed by atoms with van der Waals surface area (Å²) < 4.78 is 6.42. The van der Waals surface area contributed by atoms with E-state index in [2.05, 4.69) is 182 Å². The van der Waals surface area contributed by atoms with Crippen molar-refractivity contribution in [2.45, 2.75) is 45.1 Å². The largest absolute Gasteiger partial charge is 0.456 e. The van der Waals surface area contributed by atoms with E-state index in [-0.39, 0.29) is 12.0 Å². The van der Waals surface area contributed by atoms with Crippen molar-refractivity contribution in [1.29, 1.82) is 0 Å². The van der Waals surface area contributed by atoms with E-state index in [1.54, 1.807) is 0 Å². The van der Waals surface area contributed by atoms with Crippen LogP contribution in [-0.2, 0) is 6.42 Å². The first-order chi connectivity index (χ1) is 28.1. The van der Waals surface area contributed by atoms with Crippen LogP contribution in [0.15, 0.2) is 190 Å². The molecule has 1 aromatic heterocycles. The third-order valence-corrected chi connectivity index (χ3v) is 11.8. The van der Waals surface area contributed by atoms with Crippen LogP contribution in [0.3, 0.4) is 0 Å². The highest BCUT2D eigenvalue weighted by Gasteiger charge is 2.27. The number of nitrogens with zero attached hydrogens (tertiary/aromatic N) is 3. The van der Waals surface area contributed by atoms with Gasteiger partial charge in [-0.25, -0.2) is 4.99 Å². The fourth-order valence-electron chi connectivity index (χ4n) is 8.75. The van der Waals surface area contributed by atoms with Gasteiger partial charge in [-0.2, -0.15) is 0 Å². The van der Waals surface area contributed by atoms with Gasteiger partial charge in [-0.1, -0.05) is 122 Å². The molecule has 0 amide bonds. The van der Waals surface area contributed by atoms with Gasteiger partial charge in [-0.05, 0) is 131 Å². The van der Waals surface area contributed by atoms with E-state index >= 15 is 0 Å². The zero-order valence-electron chi connectivity index (χ0n) is 32.3. The number of fused-ring (bicyclic) bond motifs is 5. The summed E-state index contributed by atoms with van der Waals surface area (Å²) in [7, 11) is 0. The maximum Gasteiger partial charge on any atom is 0.153 e. The SMILES string of the molecule is C[C@H]1CCC(c2ccc3oc4cc5ccccc5cc4c3c2)=NC(/C2=C/C=C\Cc3ccccc3N(c3ccccc3)C2)=NC1c1cccc(C2=CCCC=C2)c1. The highest BCUT2D eigenvalue weighted by atomic mass is 16.3. The van der Waals surface area contributed by atoms with E-state index in [9.17, 15) is 0 Å². The Labute approximate surface area is 334 Å².